The fourth-order valence-corrected chi connectivity index (χ4v) is 3.03. The number of unbranched alkanes of at least 4 members (excludes halogenated alkanes) is 2. The summed E-state index contributed by atoms with van der Waals surface area (Å²) >= 11 is 1.14. The van der Waals surface area contributed by atoms with Gasteiger partial charge in [0, 0.05) is 18.5 Å². The molecule has 0 aliphatic carbocycles. The van der Waals surface area contributed by atoms with E-state index < -0.39 is 10.0 Å². The highest BCUT2D eigenvalue weighted by molar-refractivity contribution is 7.92. The maximum atomic E-state index is 11.6. The Morgan fingerprint density at radius 3 is 2.80 bits per heavy atom. The van der Waals surface area contributed by atoms with Crippen molar-refractivity contribution >= 4 is 32.4 Å². The Morgan fingerprint density at radius 1 is 1.40 bits per heavy atom. The normalized spacial score (nSPS) is 11.3. The van der Waals surface area contributed by atoms with Crippen LogP contribution < -0.4 is 10.0 Å². The van der Waals surface area contributed by atoms with E-state index in [9.17, 15) is 13.2 Å². The molecule has 0 aliphatic heterocycles. The lowest BCUT2D eigenvalue weighted by Crippen LogP contribution is -2.26. The molecule has 0 unspecified atom stereocenters. The number of carbonyl (C=O) groups is 1. The van der Waals surface area contributed by atoms with Crippen molar-refractivity contribution in [3.8, 4) is 0 Å². The molecule has 0 fully saturated rings. The van der Waals surface area contributed by atoms with E-state index in [-0.39, 0.29) is 24.1 Å². The molecule has 0 aliphatic rings. The van der Waals surface area contributed by atoms with Crippen LogP contribution in [0, 0.1) is 0 Å². The smallest absolute Gasteiger partial charge is 0.231 e. The van der Waals surface area contributed by atoms with Crippen LogP contribution in [0.2, 0.25) is 0 Å². The maximum Gasteiger partial charge on any atom is 0.231 e. The molecule has 0 saturated heterocycles. The van der Waals surface area contributed by atoms with Crippen LogP contribution in [0.1, 0.15) is 25.0 Å². The molecule has 3 N–H and O–H groups in total. The lowest BCUT2D eigenvalue weighted by molar-refractivity contribution is -0.120. The molecule has 114 valence electrons. The van der Waals surface area contributed by atoms with Crippen LogP contribution in [-0.2, 0) is 21.2 Å². The molecule has 0 atom stereocenters. The zero-order valence-corrected chi connectivity index (χ0v) is 12.9. The first-order valence-corrected chi connectivity index (χ1v) is 8.97. The van der Waals surface area contributed by atoms with Gasteiger partial charge in [-0.3, -0.25) is 9.52 Å². The van der Waals surface area contributed by atoms with E-state index in [2.05, 4.69) is 15.0 Å². The van der Waals surface area contributed by atoms with Gasteiger partial charge in [-0.2, -0.15) is 0 Å². The number of hydrogen-bond donors (Lipinski definition) is 3. The van der Waals surface area contributed by atoms with E-state index in [1.54, 1.807) is 5.38 Å². The van der Waals surface area contributed by atoms with Crippen molar-refractivity contribution < 1.29 is 18.3 Å². The number of rotatable bonds is 9. The van der Waals surface area contributed by atoms with Crippen molar-refractivity contribution in [2.45, 2.75) is 25.7 Å². The lowest BCUT2D eigenvalue weighted by atomic mass is 10.2. The zero-order valence-electron chi connectivity index (χ0n) is 11.3. The summed E-state index contributed by atoms with van der Waals surface area (Å²) in [5, 5.41) is 13.3. The molecule has 1 heterocycles. The Hall–Kier alpha value is -1.19. The minimum Gasteiger partial charge on any atom is -0.396 e. The Morgan fingerprint density at radius 2 is 2.15 bits per heavy atom. The SMILES string of the molecule is CS(=O)(=O)Nc1nc(CC(=O)NCCCCCO)cs1. The molecular weight excluding hydrogens is 302 g/mol. The Bertz CT molecular complexity index is 528. The van der Waals surface area contributed by atoms with E-state index in [1.807, 2.05) is 0 Å². The number of anilines is 1. The number of carbonyl (C=O) groups excluding carboxylic acids is 1. The first-order valence-electron chi connectivity index (χ1n) is 6.20. The van der Waals surface area contributed by atoms with E-state index >= 15 is 0 Å². The molecule has 1 rings (SSSR count). The van der Waals surface area contributed by atoms with Gasteiger partial charge in [0.25, 0.3) is 0 Å². The summed E-state index contributed by atoms with van der Waals surface area (Å²) < 4.78 is 24.3. The summed E-state index contributed by atoms with van der Waals surface area (Å²) in [6.07, 6.45) is 3.61. The fourth-order valence-electron chi connectivity index (χ4n) is 1.46. The van der Waals surface area contributed by atoms with Crippen LogP contribution in [0.3, 0.4) is 0 Å². The highest BCUT2D eigenvalue weighted by Gasteiger charge is 2.09. The Balaban J connectivity index is 2.32. The van der Waals surface area contributed by atoms with Crippen LogP contribution in [-0.4, -0.2) is 43.8 Å². The van der Waals surface area contributed by atoms with Gasteiger partial charge in [-0.1, -0.05) is 0 Å². The minimum atomic E-state index is -3.34. The van der Waals surface area contributed by atoms with Gasteiger partial charge in [-0.25, -0.2) is 13.4 Å². The number of thiazole rings is 1. The number of hydrogen-bond acceptors (Lipinski definition) is 6. The second-order valence-corrected chi connectivity index (χ2v) is 6.94. The van der Waals surface area contributed by atoms with Gasteiger partial charge in [-0.15, -0.1) is 11.3 Å². The van der Waals surface area contributed by atoms with E-state index in [4.69, 9.17) is 5.11 Å². The monoisotopic (exact) mass is 321 g/mol. The molecule has 0 saturated carbocycles. The number of amides is 1. The van der Waals surface area contributed by atoms with Crippen molar-refractivity contribution in [1.29, 1.82) is 0 Å². The van der Waals surface area contributed by atoms with Crippen LogP contribution in [0.5, 0.6) is 0 Å². The van der Waals surface area contributed by atoms with Crippen LogP contribution in [0.15, 0.2) is 5.38 Å². The number of nitrogens with one attached hydrogen (secondary N) is 2. The molecule has 9 heteroatoms. The van der Waals surface area contributed by atoms with Gasteiger partial charge in [0.05, 0.1) is 18.4 Å². The second-order valence-electron chi connectivity index (χ2n) is 4.33. The topological polar surface area (TPSA) is 108 Å². The molecular formula is C11H19N3O4S2. The molecule has 0 spiro atoms. The molecule has 20 heavy (non-hydrogen) atoms. The quantitative estimate of drug-likeness (QED) is 0.568. The number of aromatic nitrogens is 1. The predicted molar refractivity (Wildman–Crippen MR) is 78.2 cm³/mol. The summed E-state index contributed by atoms with van der Waals surface area (Å²) in [5.74, 6) is -0.148. The van der Waals surface area contributed by atoms with Gasteiger partial charge in [0.15, 0.2) is 5.13 Å². The predicted octanol–water partition coefficient (Wildman–Crippen LogP) is 0.336. The molecule has 1 aromatic heterocycles. The number of nitrogens with zero attached hydrogens (tertiary/aromatic N) is 1. The number of aliphatic hydroxyl groups excluding tert-OH is 1. The standard InChI is InChI=1S/C11H19N3O4S2/c1-20(17,18)14-11-13-9(8-19-11)7-10(16)12-5-3-2-4-6-15/h8,15H,2-7H2,1H3,(H,12,16)(H,13,14). The van der Waals surface area contributed by atoms with Crippen LogP contribution in [0.4, 0.5) is 5.13 Å². The highest BCUT2D eigenvalue weighted by Crippen LogP contribution is 2.16. The minimum absolute atomic E-state index is 0.127. The third-order valence-electron chi connectivity index (χ3n) is 2.32. The maximum absolute atomic E-state index is 11.6. The zero-order chi connectivity index (χ0) is 15.0. The fraction of sp³-hybridized carbons (Fsp3) is 0.636. The molecule has 0 aromatic carbocycles. The average molecular weight is 321 g/mol. The number of aliphatic hydroxyl groups is 1. The van der Waals surface area contributed by atoms with Gasteiger partial charge < -0.3 is 10.4 Å². The first kappa shape index (κ1) is 16.9. The number of sulfonamides is 1. The summed E-state index contributed by atoms with van der Waals surface area (Å²) in [6.45, 7) is 0.736. The van der Waals surface area contributed by atoms with Crippen molar-refractivity contribution in [1.82, 2.24) is 10.3 Å². The van der Waals surface area contributed by atoms with Crippen LogP contribution >= 0.6 is 11.3 Å². The largest absolute Gasteiger partial charge is 0.396 e. The molecule has 0 radical (unpaired) electrons. The summed E-state index contributed by atoms with van der Waals surface area (Å²) in [6, 6.07) is 0. The van der Waals surface area contributed by atoms with Gasteiger partial charge >= 0.3 is 0 Å². The highest BCUT2D eigenvalue weighted by atomic mass is 32.2. The van der Waals surface area contributed by atoms with Crippen molar-refractivity contribution in [2.24, 2.45) is 0 Å². The molecule has 1 aromatic rings. The van der Waals surface area contributed by atoms with E-state index in [1.165, 1.54) is 0 Å². The lowest BCUT2D eigenvalue weighted by Gasteiger charge is -2.03. The van der Waals surface area contributed by atoms with Gasteiger partial charge in [0.1, 0.15) is 0 Å². The first-order chi connectivity index (χ1) is 9.40. The molecule has 1 amide bonds. The Labute approximate surface area is 122 Å². The summed E-state index contributed by atoms with van der Waals surface area (Å²) in [4.78, 5) is 15.6. The summed E-state index contributed by atoms with van der Waals surface area (Å²) in [7, 11) is -3.34. The van der Waals surface area contributed by atoms with Crippen LogP contribution in [0.25, 0.3) is 0 Å². The molecule has 7 nitrogen and oxygen atoms in total. The van der Waals surface area contributed by atoms with Gasteiger partial charge in [0.2, 0.25) is 15.9 Å². The van der Waals surface area contributed by atoms with E-state index in [0.717, 1.165) is 36.9 Å². The third kappa shape index (κ3) is 7.41. The van der Waals surface area contributed by atoms with E-state index in [0.29, 0.717) is 12.2 Å². The van der Waals surface area contributed by atoms with Crippen molar-refractivity contribution in [3.63, 3.8) is 0 Å². The second kappa shape index (κ2) is 8.18. The Kier molecular flexibility index (Phi) is 6.89. The third-order valence-corrected chi connectivity index (χ3v) is 3.82. The van der Waals surface area contributed by atoms with Crippen molar-refractivity contribution in [2.75, 3.05) is 24.1 Å². The van der Waals surface area contributed by atoms with Crippen molar-refractivity contribution in [3.05, 3.63) is 11.1 Å². The van der Waals surface area contributed by atoms with Gasteiger partial charge in [-0.05, 0) is 19.3 Å². The molecule has 0 bridgehead atoms. The summed E-state index contributed by atoms with van der Waals surface area (Å²) in [5.41, 5.74) is 0.536. The average Bonchev–Trinajstić information content (AvgIpc) is 2.73.